The molecule has 1 aromatic carbocycles. The molecule has 8 nitrogen and oxygen atoms in total. The molecule has 2 aromatic heterocycles. The van der Waals surface area contributed by atoms with Gasteiger partial charge in [0.05, 0.1) is 10.6 Å². The quantitative estimate of drug-likeness (QED) is 0.373. The third-order valence-electron chi connectivity index (χ3n) is 3.73. The topological polar surface area (TPSA) is 116 Å². The highest BCUT2D eigenvalue weighted by Gasteiger charge is 2.24. The second kappa shape index (κ2) is 8.94. The maximum absolute atomic E-state index is 12.6. The standard InChI is InChI=1S/C19H15BrN2O6S2/c1-3-10-27-18(24)16-11(2)21-19(29-16)22-17(23)14-8-9-15(28-14)30(25,26)13-6-4-12(20)5-7-13/h3-9H,1,10H2,2H3,(H,21,22,23). The lowest BCUT2D eigenvalue weighted by Crippen LogP contribution is -2.10. The summed E-state index contributed by atoms with van der Waals surface area (Å²) in [7, 11) is -3.91. The summed E-state index contributed by atoms with van der Waals surface area (Å²) in [6.45, 7) is 5.13. The number of ether oxygens (including phenoxy) is 1. The fourth-order valence-corrected chi connectivity index (χ4v) is 4.61. The van der Waals surface area contributed by atoms with Crippen LogP contribution >= 0.6 is 27.3 Å². The molecule has 3 rings (SSSR count). The number of rotatable bonds is 7. The Bertz CT molecular complexity index is 1210. The summed E-state index contributed by atoms with van der Waals surface area (Å²) in [4.78, 5) is 28.8. The van der Waals surface area contributed by atoms with Crippen molar-refractivity contribution in [2.24, 2.45) is 0 Å². The Morgan fingerprint density at radius 3 is 2.63 bits per heavy atom. The van der Waals surface area contributed by atoms with E-state index < -0.39 is 21.7 Å². The second-order valence-electron chi connectivity index (χ2n) is 5.85. The fourth-order valence-electron chi connectivity index (χ4n) is 2.31. The van der Waals surface area contributed by atoms with Crippen molar-refractivity contribution in [2.45, 2.75) is 16.9 Å². The van der Waals surface area contributed by atoms with Gasteiger partial charge in [0.1, 0.15) is 11.5 Å². The van der Waals surface area contributed by atoms with E-state index in [4.69, 9.17) is 9.15 Å². The van der Waals surface area contributed by atoms with E-state index in [2.05, 4.69) is 32.8 Å². The monoisotopic (exact) mass is 510 g/mol. The molecule has 0 spiro atoms. The molecule has 0 aliphatic rings. The molecular formula is C19H15BrN2O6S2. The maximum atomic E-state index is 12.6. The summed E-state index contributed by atoms with van der Waals surface area (Å²) in [6, 6.07) is 8.48. The Balaban J connectivity index is 1.76. The molecule has 0 bridgehead atoms. The van der Waals surface area contributed by atoms with Gasteiger partial charge in [-0.05, 0) is 43.3 Å². The number of hydrogen-bond donors (Lipinski definition) is 1. The number of nitrogens with one attached hydrogen (secondary N) is 1. The number of nitrogens with zero attached hydrogens (tertiary/aromatic N) is 1. The largest absolute Gasteiger partial charge is 0.457 e. The Morgan fingerprint density at radius 2 is 1.97 bits per heavy atom. The molecule has 156 valence electrons. The molecule has 0 unspecified atom stereocenters. The minimum absolute atomic E-state index is 0.0326. The third-order valence-corrected chi connectivity index (χ3v) is 6.95. The lowest BCUT2D eigenvalue weighted by Gasteiger charge is -2.02. The molecule has 1 N–H and O–H groups in total. The molecule has 0 aliphatic carbocycles. The van der Waals surface area contributed by atoms with Gasteiger partial charge in [-0.15, -0.1) is 0 Å². The van der Waals surface area contributed by atoms with Crippen molar-refractivity contribution in [3.8, 4) is 0 Å². The van der Waals surface area contributed by atoms with Crippen molar-refractivity contribution >= 4 is 54.1 Å². The van der Waals surface area contributed by atoms with Crippen molar-refractivity contribution in [3.63, 3.8) is 0 Å². The van der Waals surface area contributed by atoms with Crippen molar-refractivity contribution in [2.75, 3.05) is 11.9 Å². The van der Waals surface area contributed by atoms with Crippen LogP contribution in [-0.4, -0.2) is 31.9 Å². The van der Waals surface area contributed by atoms with Crippen molar-refractivity contribution in [1.82, 2.24) is 4.98 Å². The molecule has 2 heterocycles. The minimum atomic E-state index is -3.91. The number of carbonyl (C=O) groups excluding carboxylic acids is 2. The Labute approximate surface area is 184 Å². The van der Waals surface area contributed by atoms with Gasteiger partial charge in [-0.25, -0.2) is 18.2 Å². The Morgan fingerprint density at radius 1 is 1.27 bits per heavy atom. The summed E-state index contributed by atoms with van der Waals surface area (Å²) < 4.78 is 36.2. The van der Waals surface area contributed by atoms with Gasteiger partial charge in [-0.3, -0.25) is 10.1 Å². The number of furan rings is 1. The molecule has 30 heavy (non-hydrogen) atoms. The first-order valence-corrected chi connectivity index (χ1v) is 11.5. The summed E-state index contributed by atoms with van der Waals surface area (Å²) in [5.74, 6) is -1.49. The van der Waals surface area contributed by atoms with Gasteiger partial charge >= 0.3 is 5.97 Å². The second-order valence-corrected chi connectivity index (χ2v) is 9.65. The first-order chi connectivity index (χ1) is 14.2. The normalized spacial score (nSPS) is 11.1. The van der Waals surface area contributed by atoms with Gasteiger partial charge in [0, 0.05) is 4.47 Å². The highest BCUT2D eigenvalue weighted by Crippen LogP contribution is 2.26. The first kappa shape index (κ1) is 21.9. The van der Waals surface area contributed by atoms with Crippen LogP contribution in [0.25, 0.3) is 0 Å². The highest BCUT2D eigenvalue weighted by atomic mass is 79.9. The van der Waals surface area contributed by atoms with Crippen LogP contribution in [0.3, 0.4) is 0 Å². The van der Waals surface area contributed by atoms with Gasteiger partial charge in [-0.1, -0.05) is 39.9 Å². The van der Waals surface area contributed by atoms with E-state index in [1.807, 2.05) is 0 Å². The van der Waals surface area contributed by atoms with E-state index in [1.54, 1.807) is 19.1 Å². The molecule has 0 aliphatic heterocycles. The number of amides is 1. The molecule has 11 heteroatoms. The lowest BCUT2D eigenvalue weighted by atomic mass is 10.4. The smallest absolute Gasteiger partial charge is 0.350 e. The first-order valence-electron chi connectivity index (χ1n) is 8.39. The molecule has 3 aromatic rings. The number of thiazole rings is 1. The molecule has 0 saturated heterocycles. The minimum Gasteiger partial charge on any atom is -0.457 e. The van der Waals surface area contributed by atoms with Crippen molar-refractivity contribution < 1.29 is 27.2 Å². The van der Waals surface area contributed by atoms with E-state index in [0.29, 0.717) is 5.69 Å². The zero-order valence-corrected chi connectivity index (χ0v) is 18.8. The van der Waals surface area contributed by atoms with E-state index in [9.17, 15) is 18.0 Å². The van der Waals surface area contributed by atoms with E-state index in [1.165, 1.54) is 30.3 Å². The number of anilines is 1. The van der Waals surface area contributed by atoms with Crippen LogP contribution in [0.4, 0.5) is 5.13 Å². The number of aryl methyl sites for hydroxylation is 1. The predicted octanol–water partition coefficient (Wildman–Crippen LogP) is 4.23. The van der Waals surface area contributed by atoms with Crippen LogP contribution in [0.2, 0.25) is 0 Å². The summed E-state index contributed by atoms with van der Waals surface area (Å²) in [5.41, 5.74) is 0.391. The average molecular weight is 511 g/mol. The maximum Gasteiger partial charge on any atom is 0.350 e. The van der Waals surface area contributed by atoms with Crippen LogP contribution in [0.5, 0.6) is 0 Å². The Hall–Kier alpha value is -2.76. The van der Waals surface area contributed by atoms with Crippen LogP contribution in [0.1, 0.15) is 25.9 Å². The third kappa shape index (κ3) is 4.69. The van der Waals surface area contributed by atoms with Gasteiger partial charge in [-0.2, -0.15) is 0 Å². The summed E-state index contributed by atoms with van der Waals surface area (Å²) >= 11 is 4.18. The molecular weight excluding hydrogens is 496 g/mol. The zero-order chi connectivity index (χ0) is 21.9. The van der Waals surface area contributed by atoms with Crippen LogP contribution < -0.4 is 5.32 Å². The SMILES string of the molecule is C=CCOC(=O)c1sc(NC(=O)c2ccc(S(=O)(=O)c3ccc(Br)cc3)o2)nc1C. The van der Waals surface area contributed by atoms with Crippen molar-refractivity contribution in [1.29, 1.82) is 0 Å². The van der Waals surface area contributed by atoms with Crippen LogP contribution in [0, 0.1) is 6.92 Å². The molecule has 1 amide bonds. The lowest BCUT2D eigenvalue weighted by molar-refractivity contribution is 0.0554. The predicted molar refractivity (Wildman–Crippen MR) is 114 cm³/mol. The van der Waals surface area contributed by atoms with E-state index in [-0.39, 0.29) is 32.4 Å². The molecule has 0 saturated carbocycles. The van der Waals surface area contributed by atoms with Gasteiger partial charge in [0.15, 0.2) is 10.9 Å². The van der Waals surface area contributed by atoms with Crippen LogP contribution in [0.15, 0.2) is 67.9 Å². The Kier molecular flexibility index (Phi) is 6.54. The summed E-state index contributed by atoms with van der Waals surface area (Å²) in [5, 5.41) is 2.28. The number of benzene rings is 1. The number of aromatic nitrogens is 1. The highest BCUT2D eigenvalue weighted by molar-refractivity contribution is 9.10. The van der Waals surface area contributed by atoms with E-state index >= 15 is 0 Å². The van der Waals surface area contributed by atoms with Gasteiger partial charge < -0.3 is 9.15 Å². The molecule has 0 radical (unpaired) electrons. The number of sulfone groups is 1. The van der Waals surface area contributed by atoms with Crippen molar-refractivity contribution in [3.05, 3.63) is 69.9 Å². The molecule has 0 atom stereocenters. The summed E-state index contributed by atoms with van der Waals surface area (Å²) in [6.07, 6.45) is 1.44. The van der Waals surface area contributed by atoms with Crippen LogP contribution in [-0.2, 0) is 14.6 Å². The number of carbonyl (C=O) groups is 2. The van der Waals surface area contributed by atoms with Gasteiger partial charge in [0.2, 0.25) is 14.9 Å². The zero-order valence-electron chi connectivity index (χ0n) is 15.5. The fraction of sp³-hybridized carbons (Fsp3) is 0.105. The number of hydrogen-bond acceptors (Lipinski definition) is 8. The van der Waals surface area contributed by atoms with Gasteiger partial charge in [0.25, 0.3) is 5.91 Å². The van der Waals surface area contributed by atoms with E-state index in [0.717, 1.165) is 15.8 Å². The average Bonchev–Trinajstić information content (AvgIpc) is 3.34. The number of halogens is 1. The molecule has 0 fully saturated rings. The number of esters is 1.